The average molecular weight is 343 g/mol. The van der Waals surface area contributed by atoms with Crippen molar-refractivity contribution in [3.05, 3.63) is 44.8 Å². The molecule has 0 unspecified atom stereocenters. The van der Waals surface area contributed by atoms with Crippen LogP contribution >= 0.6 is 22.7 Å². The highest BCUT2D eigenvalue weighted by Crippen LogP contribution is 2.09. The van der Waals surface area contributed by atoms with E-state index in [4.69, 9.17) is 10.5 Å². The molecule has 0 aliphatic rings. The molecule has 0 saturated carbocycles. The first-order chi connectivity index (χ1) is 9.90. The summed E-state index contributed by atoms with van der Waals surface area (Å²) in [4.78, 5) is 13.6. The van der Waals surface area contributed by atoms with Gasteiger partial charge in [0.05, 0.1) is 6.54 Å². The van der Waals surface area contributed by atoms with E-state index in [2.05, 4.69) is 5.32 Å². The van der Waals surface area contributed by atoms with Crippen LogP contribution in [0, 0.1) is 0 Å². The Labute approximate surface area is 141 Å². The Morgan fingerprint density at radius 2 is 1.73 bits per heavy atom. The van der Waals surface area contributed by atoms with Gasteiger partial charge in [0.15, 0.2) is 0 Å². The molecule has 2 aromatic rings. The van der Waals surface area contributed by atoms with Gasteiger partial charge in [-0.15, -0.1) is 22.7 Å². The molecule has 0 aliphatic heterocycles. The molecule has 2 heterocycles. The summed E-state index contributed by atoms with van der Waals surface area (Å²) in [6.07, 6.45) is -0.370. The number of rotatable bonds is 3. The maximum atomic E-state index is 11.2. The SMILES string of the molecule is C.CC(C)(C)OC(=O)NCc1cccs1.NCc1cccs1. The maximum Gasteiger partial charge on any atom is 0.407 e. The number of amides is 1. The fourth-order valence-electron chi connectivity index (χ4n) is 1.32. The van der Waals surface area contributed by atoms with Gasteiger partial charge in [0.2, 0.25) is 0 Å². The van der Waals surface area contributed by atoms with Crippen LogP contribution < -0.4 is 11.1 Å². The summed E-state index contributed by atoms with van der Waals surface area (Å²) in [6, 6.07) is 7.97. The Morgan fingerprint density at radius 3 is 2.09 bits per heavy atom. The van der Waals surface area contributed by atoms with Crippen LogP contribution in [-0.4, -0.2) is 11.7 Å². The van der Waals surface area contributed by atoms with E-state index in [0.717, 1.165) is 4.88 Å². The van der Waals surface area contributed by atoms with Crippen molar-refractivity contribution in [3.63, 3.8) is 0 Å². The molecule has 124 valence electrons. The Bertz CT molecular complexity index is 503. The number of hydrogen-bond acceptors (Lipinski definition) is 5. The van der Waals surface area contributed by atoms with Gasteiger partial charge in [-0.2, -0.15) is 0 Å². The van der Waals surface area contributed by atoms with Crippen molar-refractivity contribution < 1.29 is 9.53 Å². The summed E-state index contributed by atoms with van der Waals surface area (Å²) in [7, 11) is 0. The van der Waals surface area contributed by atoms with Crippen molar-refractivity contribution in [2.45, 2.75) is 46.9 Å². The summed E-state index contributed by atoms with van der Waals surface area (Å²) in [5.41, 5.74) is 4.87. The zero-order valence-corrected chi connectivity index (χ0v) is 14.2. The molecule has 2 rings (SSSR count). The van der Waals surface area contributed by atoms with E-state index in [1.54, 1.807) is 22.7 Å². The van der Waals surface area contributed by atoms with E-state index in [0.29, 0.717) is 13.1 Å². The molecular weight excluding hydrogens is 316 g/mol. The monoisotopic (exact) mass is 342 g/mol. The van der Waals surface area contributed by atoms with Gasteiger partial charge in [-0.25, -0.2) is 4.79 Å². The molecule has 0 atom stereocenters. The highest BCUT2D eigenvalue weighted by Gasteiger charge is 2.15. The van der Waals surface area contributed by atoms with Crippen molar-refractivity contribution in [1.82, 2.24) is 5.32 Å². The Balaban J connectivity index is 0.000000465. The molecule has 0 aliphatic carbocycles. The zero-order valence-electron chi connectivity index (χ0n) is 12.6. The molecule has 2 aromatic heterocycles. The van der Waals surface area contributed by atoms with Crippen LogP contribution in [0.3, 0.4) is 0 Å². The van der Waals surface area contributed by atoms with Crippen LogP contribution in [0.5, 0.6) is 0 Å². The summed E-state index contributed by atoms with van der Waals surface area (Å²) < 4.78 is 5.09. The topological polar surface area (TPSA) is 64.3 Å². The summed E-state index contributed by atoms with van der Waals surface area (Å²) in [5, 5.41) is 6.70. The third kappa shape index (κ3) is 9.55. The van der Waals surface area contributed by atoms with E-state index in [-0.39, 0.29) is 13.5 Å². The van der Waals surface area contributed by atoms with Crippen LogP contribution in [0.1, 0.15) is 38.0 Å². The lowest BCUT2D eigenvalue weighted by Gasteiger charge is -2.19. The predicted octanol–water partition coefficient (Wildman–Crippen LogP) is 4.62. The molecule has 22 heavy (non-hydrogen) atoms. The average Bonchev–Trinajstić information content (AvgIpc) is 3.08. The largest absolute Gasteiger partial charge is 0.444 e. The first-order valence-electron chi connectivity index (χ1n) is 6.62. The maximum absolute atomic E-state index is 11.2. The summed E-state index contributed by atoms with van der Waals surface area (Å²) >= 11 is 3.31. The number of carbonyl (C=O) groups excluding carboxylic acids is 1. The molecule has 0 spiro atoms. The van der Waals surface area contributed by atoms with Gasteiger partial charge in [0, 0.05) is 16.3 Å². The lowest BCUT2D eigenvalue weighted by Crippen LogP contribution is -2.31. The first kappa shape index (κ1) is 20.6. The lowest BCUT2D eigenvalue weighted by atomic mass is 10.2. The highest BCUT2D eigenvalue weighted by atomic mass is 32.1. The van der Waals surface area contributed by atoms with Crippen molar-refractivity contribution in [3.8, 4) is 0 Å². The highest BCUT2D eigenvalue weighted by molar-refractivity contribution is 7.10. The van der Waals surface area contributed by atoms with Gasteiger partial charge < -0.3 is 15.8 Å². The van der Waals surface area contributed by atoms with E-state index in [1.807, 2.05) is 55.8 Å². The van der Waals surface area contributed by atoms with Gasteiger partial charge in [0.25, 0.3) is 0 Å². The molecule has 6 heteroatoms. The zero-order chi connectivity index (χ0) is 15.7. The molecule has 3 N–H and O–H groups in total. The minimum Gasteiger partial charge on any atom is -0.444 e. The fourth-order valence-corrected chi connectivity index (χ4v) is 2.55. The second kappa shape index (κ2) is 10.4. The second-order valence-electron chi connectivity index (χ2n) is 5.22. The van der Waals surface area contributed by atoms with Gasteiger partial charge in [-0.05, 0) is 43.7 Å². The molecule has 0 aromatic carbocycles. The van der Waals surface area contributed by atoms with Crippen molar-refractivity contribution in [2.75, 3.05) is 0 Å². The summed E-state index contributed by atoms with van der Waals surface area (Å²) in [5.74, 6) is 0. The van der Waals surface area contributed by atoms with Crippen LogP contribution in [0.4, 0.5) is 4.79 Å². The number of alkyl carbamates (subject to hydrolysis) is 1. The Kier molecular flexibility index (Phi) is 9.73. The molecule has 0 bridgehead atoms. The standard InChI is InChI=1S/C10H15NO2S.C5H7NS.CH4/c1-10(2,3)13-9(12)11-7-8-5-4-6-14-8;6-4-5-2-1-3-7-5;/h4-6H,7H2,1-3H3,(H,11,12);1-3H,4,6H2;1H4. The number of nitrogens with one attached hydrogen (secondary N) is 1. The Morgan fingerprint density at radius 1 is 1.18 bits per heavy atom. The molecule has 1 amide bonds. The minimum atomic E-state index is -0.431. The molecule has 0 fully saturated rings. The molecular formula is C16H26N2O2S2. The molecule has 0 radical (unpaired) electrons. The normalized spacial score (nSPS) is 10.0. The smallest absolute Gasteiger partial charge is 0.407 e. The fraction of sp³-hybridized carbons (Fsp3) is 0.438. The van der Waals surface area contributed by atoms with Crippen molar-refractivity contribution in [1.29, 1.82) is 0 Å². The van der Waals surface area contributed by atoms with Crippen LogP contribution in [0.15, 0.2) is 35.0 Å². The van der Waals surface area contributed by atoms with Gasteiger partial charge in [0.1, 0.15) is 5.60 Å². The van der Waals surface area contributed by atoms with Crippen molar-refractivity contribution in [2.24, 2.45) is 5.73 Å². The van der Waals surface area contributed by atoms with Crippen LogP contribution in [-0.2, 0) is 17.8 Å². The minimum absolute atomic E-state index is 0. The van der Waals surface area contributed by atoms with Crippen molar-refractivity contribution >= 4 is 28.8 Å². The Hall–Kier alpha value is -1.37. The number of ether oxygens (including phenoxy) is 1. The number of carbonyl (C=O) groups is 1. The van der Waals surface area contributed by atoms with Gasteiger partial charge in [-0.1, -0.05) is 19.6 Å². The molecule has 4 nitrogen and oxygen atoms in total. The first-order valence-corrected chi connectivity index (χ1v) is 8.38. The van der Waals surface area contributed by atoms with E-state index in [1.165, 1.54) is 4.88 Å². The molecule has 0 saturated heterocycles. The third-order valence-corrected chi connectivity index (χ3v) is 3.94. The second-order valence-corrected chi connectivity index (χ2v) is 7.28. The van der Waals surface area contributed by atoms with E-state index >= 15 is 0 Å². The third-order valence-electron chi connectivity index (χ3n) is 2.17. The number of thiophene rings is 2. The van der Waals surface area contributed by atoms with Gasteiger partial charge >= 0.3 is 6.09 Å². The summed E-state index contributed by atoms with van der Waals surface area (Å²) in [6.45, 7) is 6.75. The van der Waals surface area contributed by atoms with Gasteiger partial charge in [-0.3, -0.25) is 0 Å². The van der Waals surface area contributed by atoms with Crippen LogP contribution in [0.2, 0.25) is 0 Å². The lowest BCUT2D eigenvalue weighted by molar-refractivity contribution is 0.0524. The van der Waals surface area contributed by atoms with E-state index < -0.39 is 5.60 Å². The van der Waals surface area contributed by atoms with Crippen LogP contribution in [0.25, 0.3) is 0 Å². The van der Waals surface area contributed by atoms with E-state index in [9.17, 15) is 4.79 Å². The number of nitrogens with two attached hydrogens (primary N) is 1. The predicted molar refractivity (Wildman–Crippen MR) is 96.3 cm³/mol. The number of hydrogen-bond donors (Lipinski definition) is 2. The quantitative estimate of drug-likeness (QED) is 0.855.